The summed E-state index contributed by atoms with van der Waals surface area (Å²) in [4.78, 5) is 41.4. The third-order valence-electron chi connectivity index (χ3n) is 3.97. The van der Waals surface area contributed by atoms with Crippen LogP contribution in [0.3, 0.4) is 0 Å². The fourth-order valence-electron chi connectivity index (χ4n) is 2.55. The molecule has 158 valence electrons. The molecule has 3 rings (SSSR count). The van der Waals surface area contributed by atoms with Crippen molar-refractivity contribution >= 4 is 34.9 Å². The van der Waals surface area contributed by atoms with Crippen molar-refractivity contribution in [1.29, 1.82) is 0 Å². The lowest BCUT2D eigenvalue weighted by molar-refractivity contribution is -0.124. The Morgan fingerprint density at radius 3 is 2.67 bits per heavy atom. The van der Waals surface area contributed by atoms with E-state index in [4.69, 9.17) is 0 Å². The quantitative estimate of drug-likeness (QED) is 0.599. The van der Waals surface area contributed by atoms with Gasteiger partial charge in [0.1, 0.15) is 18.4 Å². The molecule has 1 aliphatic heterocycles. The van der Waals surface area contributed by atoms with Crippen LogP contribution in [0.15, 0.2) is 41.8 Å². The number of nitrogens with one attached hydrogen (secondary N) is 1. The van der Waals surface area contributed by atoms with E-state index in [1.165, 1.54) is 47.7 Å². The molecule has 0 aliphatic carbocycles. The molecule has 0 radical (unpaired) electrons. The lowest BCUT2D eigenvalue weighted by atomic mass is 10.2. The standard InChI is InChI=1S/C18H17F2N5O4S/c19-17(20)29-13-3-1-12(2-4-13)9-14-16(27)25(18(28)30-14)8-6-22-15(26)5-7-24-11-21-10-23-24/h1-4,9-11,17H,5-8H2,(H,22,26)/b14-9+. The predicted octanol–water partition coefficient (Wildman–Crippen LogP) is 2.12. The topological polar surface area (TPSA) is 106 Å². The first-order valence-corrected chi connectivity index (χ1v) is 9.63. The fraction of sp³-hybridized carbons (Fsp3) is 0.278. The third-order valence-corrected chi connectivity index (χ3v) is 4.88. The minimum absolute atomic E-state index is 0.00480. The van der Waals surface area contributed by atoms with Crippen molar-refractivity contribution in [2.24, 2.45) is 0 Å². The summed E-state index contributed by atoms with van der Waals surface area (Å²) in [6.45, 7) is -2.38. The van der Waals surface area contributed by atoms with Gasteiger partial charge in [0.2, 0.25) is 5.91 Å². The second-order valence-corrected chi connectivity index (χ2v) is 7.03. The summed E-state index contributed by atoms with van der Waals surface area (Å²) in [7, 11) is 0. The number of amides is 3. The van der Waals surface area contributed by atoms with E-state index < -0.39 is 17.8 Å². The lowest BCUT2D eigenvalue weighted by Gasteiger charge is -2.13. The molecule has 30 heavy (non-hydrogen) atoms. The van der Waals surface area contributed by atoms with E-state index in [-0.39, 0.29) is 36.1 Å². The molecule has 9 nitrogen and oxygen atoms in total. The number of rotatable bonds is 9. The van der Waals surface area contributed by atoms with Crippen molar-refractivity contribution in [2.45, 2.75) is 19.6 Å². The first-order valence-electron chi connectivity index (χ1n) is 8.82. The Bertz CT molecular complexity index is 935. The van der Waals surface area contributed by atoms with Gasteiger partial charge in [-0.05, 0) is 35.5 Å². The maximum absolute atomic E-state index is 12.5. The molecule has 1 saturated heterocycles. The number of alkyl halides is 2. The van der Waals surface area contributed by atoms with Gasteiger partial charge in [0, 0.05) is 19.5 Å². The van der Waals surface area contributed by atoms with E-state index in [0.29, 0.717) is 12.1 Å². The number of hydrogen-bond donors (Lipinski definition) is 1. The van der Waals surface area contributed by atoms with E-state index in [9.17, 15) is 23.2 Å². The highest BCUT2D eigenvalue weighted by atomic mass is 32.2. The zero-order chi connectivity index (χ0) is 21.5. The first-order chi connectivity index (χ1) is 14.4. The number of carbonyl (C=O) groups is 3. The molecule has 0 atom stereocenters. The van der Waals surface area contributed by atoms with E-state index >= 15 is 0 Å². The number of hydrogen-bond acceptors (Lipinski definition) is 7. The third kappa shape index (κ3) is 5.86. The van der Waals surface area contributed by atoms with Gasteiger partial charge in [0.05, 0.1) is 11.4 Å². The van der Waals surface area contributed by atoms with Crippen LogP contribution in [-0.2, 0) is 16.1 Å². The Balaban J connectivity index is 1.49. The van der Waals surface area contributed by atoms with Crippen LogP contribution in [0, 0.1) is 0 Å². The minimum Gasteiger partial charge on any atom is -0.435 e. The normalized spacial score (nSPS) is 15.3. The maximum atomic E-state index is 12.5. The largest absolute Gasteiger partial charge is 0.435 e. The molecule has 3 amide bonds. The highest BCUT2D eigenvalue weighted by Gasteiger charge is 2.34. The summed E-state index contributed by atoms with van der Waals surface area (Å²) in [5.41, 5.74) is 0.559. The van der Waals surface area contributed by atoms with Crippen LogP contribution in [0.4, 0.5) is 13.6 Å². The Morgan fingerprint density at radius 2 is 2.00 bits per heavy atom. The number of aryl methyl sites for hydroxylation is 1. The molecule has 2 aromatic rings. The molecule has 12 heteroatoms. The Kier molecular flexibility index (Phi) is 7.12. The highest BCUT2D eigenvalue weighted by Crippen LogP contribution is 2.32. The fourth-order valence-corrected chi connectivity index (χ4v) is 3.41. The zero-order valence-corrected chi connectivity index (χ0v) is 16.3. The number of thioether (sulfide) groups is 1. The number of halogens is 2. The first kappa shape index (κ1) is 21.4. The molecule has 0 bridgehead atoms. The van der Waals surface area contributed by atoms with E-state index in [1.807, 2.05) is 0 Å². The average Bonchev–Trinajstić information content (AvgIpc) is 3.31. The number of benzene rings is 1. The summed E-state index contributed by atoms with van der Waals surface area (Å²) < 4.78 is 30.2. The van der Waals surface area contributed by atoms with Gasteiger partial charge in [-0.3, -0.25) is 24.0 Å². The summed E-state index contributed by atoms with van der Waals surface area (Å²) in [5.74, 6) is -0.719. The number of carbonyl (C=O) groups excluding carboxylic acids is 3. The molecule has 1 fully saturated rings. The Morgan fingerprint density at radius 1 is 1.23 bits per heavy atom. The molecule has 1 aromatic carbocycles. The SMILES string of the molecule is O=C(CCn1cncn1)NCCN1C(=O)S/C(=C/c2ccc(OC(F)F)cc2)C1=O. The molecule has 1 aliphatic rings. The van der Waals surface area contributed by atoms with Crippen molar-refractivity contribution in [3.63, 3.8) is 0 Å². The zero-order valence-electron chi connectivity index (χ0n) is 15.5. The maximum Gasteiger partial charge on any atom is 0.387 e. The van der Waals surface area contributed by atoms with Crippen molar-refractivity contribution in [2.75, 3.05) is 13.1 Å². The van der Waals surface area contributed by atoms with Crippen LogP contribution < -0.4 is 10.1 Å². The number of nitrogens with zero attached hydrogens (tertiary/aromatic N) is 4. The van der Waals surface area contributed by atoms with Gasteiger partial charge >= 0.3 is 6.61 Å². The van der Waals surface area contributed by atoms with Crippen molar-refractivity contribution in [1.82, 2.24) is 25.0 Å². The van der Waals surface area contributed by atoms with Crippen LogP contribution in [0.25, 0.3) is 6.08 Å². The average molecular weight is 437 g/mol. The van der Waals surface area contributed by atoms with Crippen LogP contribution >= 0.6 is 11.8 Å². The molecule has 1 N–H and O–H groups in total. The monoisotopic (exact) mass is 437 g/mol. The van der Waals surface area contributed by atoms with Gasteiger partial charge in [0.25, 0.3) is 11.1 Å². The molecule has 0 saturated carbocycles. The summed E-state index contributed by atoms with van der Waals surface area (Å²) >= 11 is 0.775. The van der Waals surface area contributed by atoms with Crippen molar-refractivity contribution in [3.05, 3.63) is 47.4 Å². The van der Waals surface area contributed by atoms with Crippen LogP contribution in [0.5, 0.6) is 5.75 Å². The minimum atomic E-state index is -2.92. The number of imide groups is 1. The molecule has 0 spiro atoms. The van der Waals surface area contributed by atoms with Crippen molar-refractivity contribution < 1.29 is 27.9 Å². The Hall–Kier alpha value is -3.28. The second kappa shape index (κ2) is 9.96. The number of ether oxygens (including phenoxy) is 1. The molecular formula is C18H17F2N5O4S. The predicted molar refractivity (Wildman–Crippen MR) is 103 cm³/mol. The van der Waals surface area contributed by atoms with Gasteiger partial charge in [0.15, 0.2) is 0 Å². The highest BCUT2D eigenvalue weighted by molar-refractivity contribution is 8.18. The van der Waals surface area contributed by atoms with Crippen LogP contribution in [-0.4, -0.2) is 56.4 Å². The van der Waals surface area contributed by atoms with Crippen LogP contribution in [0.1, 0.15) is 12.0 Å². The summed E-state index contributed by atoms with van der Waals surface area (Å²) in [6, 6.07) is 5.69. The summed E-state index contributed by atoms with van der Waals surface area (Å²) in [6.07, 6.45) is 4.56. The molecular weight excluding hydrogens is 420 g/mol. The number of aromatic nitrogens is 3. The van der Waals surface area contributed by atoms with Gasteiger partial charge in [-0.1, -0.05) is 12.1 Å². The van der Waals surface area contributed by atoms with Gasteiger partial charge in [-0.15, -0.1) is 0 Å². The van der Waals surface area contributed by atoms with E-state index in [2.05, 4.69) is 20.1 Å². The molecule has 2 heterocycles. The molecule has 0 unspecified atom stereocenters. The van der Waals surface area contributed by atoms with E-state index in [1.54, 1.807) is 0 Å². The second-order valence-electron chi connectivity index (χ2n) is 6.04. The van der Waals surface area contributed by atoms with E-state index in [0.717, 1.165) is 16.7 Å². The van der Waals surface area contributed by atoms with Crippen LogP contribution in [0.2, 0.25) is 0 Å². The summed E-state index contributed by atoms with van der Waals surface area (Å²) in [5, 5.41) is 6.10. The van der Waals surface area contributed by atoms with Gasteiger partial charge in [-0.25, -0.2) is 4.98 Å². The van der Waals surface area contributed by atoms with Gasteiger partial charge in [-0.2, -0.15) is 13.9 Å². The molecule has 1 aromatic heterocycles. The smallest absolute Gasteiger partial charge is 0.387 e. The Labute approximate surface area is 174 Å². The van der Waals surface area contributed by atoms with Gasteiger partial charge < -0.3 is 10.1 Å². The van der Waals surface area contributed by atoms with Crippen molar-refractivity contribution in [3.8, 4) is 5.75 Å². The lowest BCUT2D eigenvalue weighted by Crippen LogP contribution is -2.37.